The smallest absolute Gasteiger partial charge is 0.0224 e. The summed E-state index contributed by atoms with van der Waals surface area (Å²) in [5, 5.41) is 0. The molecule has 106 valence electrons. The summed E-state index contributed by atoms with van der Waals surface area (Å²) in [5.41, 5.74) is 6.06. The summed E-state index contributed by atoms with van der Waals surface area (Å²) in [7, 11) is 0. The number of rotatable bonds is 3. The highest BCUT2D eigenvalue weighted by atomic mass is 15.2. The molecule has 0 aromatic rings. The quantitative estimate of drug-likeness (QED) is 0.835. The summed E-state index contributed by atoms with van der Waals surface area (Å²) in [6.07, 6.45) is 8.30. The fourth-order valence-electron chi connectivity index (χ4n) is 4.16. The van der Waals surface area contributed by atoms with Crippen molar-refractivity contribution in [2.45, 2.75) is 71.4 Å². The predicted molar refractivity (Wildman–Crippen MR) is 78.5 cm³/mol. The van der Waals surface area contributed by atoms with Crippen molar-refractivity contribution in [3.05, 3.63) is 0 Å². The lowest BCUT2D eigenvalue weighted by Gasteiger charge is -2.48. The average Bonchev–Trinajstić information content (AvgIpc) is 2.41. The van der Waals surface area contributed by atoms with Crippen molar-refractivity contribution in [1.82, 2.24) is 4.90 Å². The molecule has 1 aliphatic heterocycles. The first kappa shape index (κ1) is 14.3. The van der Waals surface area contributed by atoms with Crippen molar-refractivity contribution in [1.29, 1.82) is 0 Å². The SMILES string of the molecule is CCC1CCN(C2CC(C)CCC2C)C(CN)C1. The Bertz CT molecular complexity index is 253. The van der Waals surface area contributed by atoms with Crippen LogP contribution in [0.2, 0.25) is 0 Å². The lowest BCUT2D eigenvalue weighted by molar-refractivity contribution is 0.0174. The van der Waals surface area contributed by atoms with Crippen LogP contribution in [-0.4, -0.2) is 30.1 Å². The third kappa shape index (κ3) is 3.08. The highest BCUT2D eigenvalue weighted by Gasteiger charge is 2.36. The van der Waals surface area contributed by atoms with E-state index in [0.29, 0.717) is 6.04 Å². The minimum absolute atomic E-state index is 0.654. The Labute approximate surface area is 113 Å². The van der Waals surface area contributed by atoms with Gasteiger partial charge >= 0.3 is 0 Å². The van der Waals surface area contributed by atoms with Crippen molar-refractivity contribution < 1.29 is 0 Å². The van der Waals surface area contributed by atoms with Crippen LogP contribution in [0.1, 0.15) is 59.3 Å². The second kappa shape index (κ2) is 6.38. The predicted octanol–water partition coefficient (Wildman–Crippen LogP) is 3.26. The molecule has 1 saturated carbocycles. The van der Waals surface area contributed by atoms with E-state index >= 15 is 0 Å². The van der Waals surface area contributed by atoms with E-state index in [0.717, 1.165) is 30.3 Å². The van der Waals surface area contributed by atoms with Crippen LogP contribution in [0.5, 0.6) is 0 Å². The van der Waals surface area contributed by atoms with E-state index in [1.54, 1.807) is 0 Å². The molecule has 2 N–H and O–H groups in total. The zero-order valence-corrected chi connectivity index (χ0v) is 12.6. The van der Waals surface area contributed by atoms with Gasteiger partial charge in [-0.25, -0.2) is 0 Å². The van der Waals surface area contributed by atoms with Crippen LogP contribution >= 0.6 is 0 Å². The Balaban J connectivity index is 2.01. The molecule has 2 rings (SSSR count). The fourth-order valence-corrected chi connectivity index (χ4v) is 4.16. The highest BCUT2D eigenvalue weighted by Crippen LogP contribution is 2.36. The molecular formula is C16H32N2. The first-order valence-electron chi connectivity index (χ1n) is 8.11. The number of piperidine rings is 1. The first-order chi connectivity index (χ1) is 8.65. The number of hydrogen-bond donors (Lipinski definition) is 1. The van der Waals surface area contributed by atoms with Gasteiger partial charge in [-0.05, 0) is 50.0 Å². The summed E-state index contributed by atoms with van der Waals surface area (Å²) < 4.78 is 0. The third-order valence-electron chi connectivity index (χ3n) is 5.56. The van der Waals surface area contributed by atoms with Gasteiger partial charge in [0, 0.05) is 18.6 Å². The fraction of sp³-hybridized carbons (Fsp3) is 1.00. The monoisotopic (exact) mass is 252 g/mol. The highest BCUT2D eigenvalue weighted by molar-refractivity contribution is 4.91. The third-order valence-corrected chi connectivity index (χ3v) is 5.56. The Morgan fingerprint density at radius 1 is 1.11 bits per heavy atom. The van der Waals surface area contributed by atoms with E-state index in [1.165, 1.54) is 45.1 Å². The zero-order chi connectivity index (χ0) is 13.1. The minimum atomic E-state index is 0.654. The van der Waals surface area contributed by atoms with Crippen LogP contribution in [0.4, 0.5) is 0 Å². The van der Waals surface area contributed by atoms with Gasteiger partial charge in [0.2, 0.25) is 0 Å². The minimum Gasteiger partial charge on any atom is -0.329 e. The number of nitrogens with two attached hydrogens (primary N) is 1. The van der Waals surface area contributed by atoms with Gasteiger partial charge < -0.3 is 5.73 Å². The molecule has 0 radical (unpaired) electrons. The normalized spacial score (nSPS) is 43.0. The van der Waals surface area contributed by atoms with Crippen molar-refractivity contribution in [3.8, 4) is 0 Å². The van der Waals surface area contributed by atoms with Crippen molar-refractivity contribution in [2.24, 2.45) is 23.5 Å². The molecule has 2 nitrogen and oxygen atoms in total. The molecule has 1 saturated heterocycles. The van der Waals surface area contributed by atoms with E-state index in [1.807, 2.05) is 0 Å². The van der Waals surface area contributed by atoms with Gasteiger partial charge in [-0.3, -0.25) is 4.90 Å². The van der Waals surface area contributed by atoms with Gasteiger partial charge in [0.25, 0.3) is 0 Å². The summed E-state index contributed by atoms with van der Waals surface area (Å²) in [4.78, 5) is 2.78. The van der Waals surface area contributed by atoms with Crippen LogP contribution in [-0.2, 0) is 0 Å². The number of hydrogen-bond acceptors (Lipinski definition) is 2. The van der Waals surface area contributed by atoms with Crippen LogP contribution < -0.4 is 5.73 Å². The van der Waals surface area contributed by atoms with Crippen molar-refractivity contribution in [3.63, 3.8) is 0 Å². The molecule has 0 bridgehead atoms. The maximum absolute atomic E-state index is 6.06. The summed E-state index contributed by atoms with van der Waals surface area (Å²) in [5.74, 6) is 2.70. The molecule has 2 heteroatoms. The van der Waals surface area contributed by atoms with Gasteiger partial charge in [0.05, 0.1) is 0 Å². The van der Waals surface area contributed by atoms with Crippen LogP contribution in [0, 0.1) is 17.8 Å². The molecular weight excluding hydrogens is 220 g/mol. The van der Waals surface area contributed by atoms with Gasteiger partial charge in [-0.1, -0.05) is 33.6 Å². The molecule has 1 heterocycles. The number of likely N-dealkylation sites (tertiary alicyclic amines) is 1. The van der Waals surface area contributed by atoms with Crippen LogP contribution in [0.25, 0.3) is 0 Å². The van der Waals surface area contributed by atoms with Crippen molar-refractivity contribution in [2.75, 3.05) is 13.1 Å². The van der Waals surface area contributed by atoms with E-state index in [4.69, 9.17) is 5.73 Å². The molecule has 2 aliphatic rings. The van der Waals surface area contributed by atoms with E-state index in [9.17, 15) is 0 Å². The number of nitrogens with zero attached hydrogens (tertiary/aromatic N) is 1. The van der Waals surface area contributed by atoms with Crippen molar-refractivity contribution >= 4 is 0 Å². The Morgan fingerprint density at radius 3 is 2.56 bits per heavy atom. The maximum Gasteiger partial charge on any atom is 0.0224 e. The topological polar surface area (TPSA) is 29.3 Å². The van der Waals surface area contributed by atoms with Crippen LogP contribution in [0.15, 0.2) is 0 Å². The molecule has 1 aliphatic carbocycles. The molecule has 0 amide bonds. The molecule has 5 unspecified atom stereocenters. The molecule has 0 aromatic carbocycles. The summed E-state index contributed by atoms with van der Waals surface area (Å²) in [6.45, 7) is 9.36. The van der Waals surface area contributed by atoms with Gasteiger partial charge in [-0.15, -0.1) is 0 Å². The Hall–Kier alpha value is -0.0800. The van der Waals surface area contributed by atoms with E-state index in [-0.39, 0.29) is 0 Å². The second-order valence-electron chi connectivity index (χ2n) is 6.89. The molecule has 0 aromatic heterocycles. The van der Waals surface area contributed by atoms with Gasteiger partial charge in [0.15, 0.2) is 0 Å². The lowest BCUT2D eigenvalue weighted by Crippen LogP contribution is -2.54. The van der Waals surface area contributed by atoms with E-state index in [2.05, 4.69) is 25.7 Å². The van der Waals surface area contributed by atoms with Gasteiger partial charge in [-0.2, -0.15) is 0 Å². The Morgan fingerprint density at radius 2 is 1.89 bits per heavy atom. The Kier molecular flexibility index (Phi) is 5.08. The molecule has 2 fully saturated rings. The van der Waals surface area contributed by atoms with Crippen LogP contribution in [0.3, 0.4) is 0 Å². The standard InChI is InChI=1S/C16H32N2/c1-4-14-7-8-18(15(10-14)11-17)16-9-12(2)5-6-13(16)3/h12-16H,4-11,17H2,1-3H3. The molecule has 18 heavy (non-hydrogen) atoms. The second-order valence-corrected chi connectivity index (χ2v) is 6.89. The summed E-state index contributed by atoms with van der Waals surface area (Å²) in [6, 6.07) is 1.46. The lowest BCUT2D eigenvalue weighted by atomic mass is 9.77. The average molecular weight is 252 g/mol. The molecule has 0 spiro atoms. The maximum atomic E-state index is 6.06. The zero-order valence-electron chi connectivity index (χ0n) is 12.6. The van der Waals surface area contributed by atoms with E-state index < -0.39 is 0 Å². The molecule has 5 atom stereocenters. The first-order valence-corrected chi connectivity index (χ1v) is 8.11. The summed E-state index contributed by atoms with van der Waals surface area (Å²) >= 11 is 0. The largest absolute Gasteiger partial charge is 0.329 e. The van der Waals surface area contributed by atoms with Gasteiger partial charge in [0.1, 0.15) is 0 Å².